The number of hydrogen-bond acceptors (Lipinski definition) is 2. The zero-order chi connectivity index (χ0) is 14.5. The average molecular weight is 271 g/mol. The fraction of sp³-hybridized carbons (Fsp3) is 0.600. The molecule has 0 aliphatic heterocycles. The molecule has 0 saturated heterocycles. The Kier molecular flexibility index (Phi) is 5.88. The van der Waals surface area contributed by atoms with E-state index >= 15 is 0 Å². The van der Waals surface area contributed by atoms with E-state index in [0.29, 0.717) is 12.2 Å². The van der Waals surface area contributed by atoms with Gasteiger partial charge in [-0.3, -0.25) is 0 Å². The fourth-order valence-corrected chi connectivity index (χ4v) is 2.50. The zero-order valence-corrected chi connectivity index (χ0v) is 11.9. The van der Waals surface area contributed by atoms with E-state index in [1.54, 1.807) is 6.07 Å². The molecule has 0 radical (unpaired) electrons. The highest BCUT2D eigenvalue weighted by atomic mass is 19.2. The summed E-state index contributed by atoms with van der Waals surface area (Å²) >= 11 is 0. The molecule has 1 unspecified atom stereocenters. The lowest BCUT2D eigenvalue weighted by atomic mass is 9.85. The maximum absolute atomic E-state index is 13.7. The van der Waals surface area contributed by atoms with Gasteiger partial charge in [-0.05, 0) is 37.8 Å². The van der Waals surface area contributed by atoms with Crippen LogP contribution >= 0.6 is 0 Å². The van der Waals surface area contributed by atoms with Crippen LogP contribution in [0.15, 0.2) is 18.2 Å². The van der Waals surface area contributed by atoms with Gasteiger partial charge in [0, 0.05) is 12.6 Å². The van der Waals surface area contributed by atoms with Crippen molar-refractivity contribution in [2.45, 2.75) is 51.7 Å². The lowest BCUT2D eigenvalue weighted by molar-refractivity contribution is -0.0634. The maximum Gasteiger partial charge on any atom is 0.162 e. The standard InChI is InChI=1S/C15H23F2NO/c1-4-15(5-2,19-6-3)13(18)10-11-8-7-9-12(16)14(11)17/h7-9,13H,4-6,10,18H2,1-3H3. The van der Waals surface area contributed by atoms with Gasteiger partial charge in [0.25, 0.3) is 0 Å². The third kappa shape index (κ3) is 3.51. The SMILES string of the molecule is CCOC(CC)(CC)C(N)Cc1cccc(F)c1F. The molecule has 2 N–H and O–H groups in total. The first-order valence-electron chi connectivity index (χ1n) is 6.83. The van der Waals surface area contributed by atoms with Gasteiger partial charge in [-0.15, -0.1) is 0 Å². The molecule has 1 aromatic carbocycles. The van der Waals surface area contributed by atoms with Gasteiger partial charge in [-0.2, -0.15) is 0 Å². The lowest BCUT2D eigenvalue weighted by Gasteiger charge is -2.37. The second kappa shape index (κ2) is 6.96. The highest BCUT2D eigenvalue weighted by Gasteiger charge is 2.34. The molecule has 0 bridgehead atoms. The highest BCUT2D eigenvalue weighted by Crippen LogP contribution is 2.27. The van der Waals surface area contributed by atoms with Crippen molar-refractivity contribution in [3.8, 4) is 0 Å². The quantitative estimate of drug-likeness (QED) is 0.824. The number of benzene rings is 1. The minimum absolute atomic E-state index is 0.269. The molecule has 0 saturated carbocycles. The fourth-order valence-electron chi connectivity index (χ4n) is 2.50. The number of rotatable bonds is 7. The Morgan fingerprint density at radius 1 is 1.21 bits per heavy atom. The van der Waals surface area contributed by atoms with Gasteiger partial charge in [0.1, 0.15) is 0 Å². The second-order valence-corrected chi connectivity index (χ2v) is 4.73. The van der Waals surface area contributed by atoms with Gasteiger partial charge in [0.05, 0.1) is 5.60 Å². The number of halogens is 2. The van der Waals surface area contributed by atoms with Crippen LogP contribution in [0.25, 0.3) is 0 Å². The Hall–Kier alpha value is -1.00. The van der Waals surface area contributed by atoms with Crippen molar-refractivity contribution in [3.05, 3.63) is 35.4 Å². The Bertz CT molecular complexity index is 405. The first-order chi connectivity index (χ1) is 9.00. The molecule has 108 valence electrons. The summed E-state index contributed by atoms with van der Waals surface area (Å²) in [6.45, 7) is 6.47. The van der Waals surface area contributed by atoms with Gasteiger partial charge in [-0.25, -0.2) is 8.78 Å². The van der Waals surface area contributed by atoms with Crippen LogP contribution in [-0.4, -0.2) is 18.2 Å². The van der Waals surface area contributed by atoms with Crippen molar-refractivity contribution < 1.29 is 13.5 Å². The zero-order valence-electron chi connectivity index (χ0n) is 11.9. The Balaban J connectivity index is 2.93. The van der Waals surface area contributed by atoms with Crippen molar-refractivity contribution in [2.75, 3.05) is 6.61 Å². The summed E-state index contributed by atoms with van der Waals surface area (Å²) in [6, 6.07) is 3.82. The highest BCUT2D eigenvalue weighted by molar-refractivity contribution is 5.20. The average Bonchev–Trinajstić information content (AvgIpc) is 2.41. The summed E-state index contributed by atoms with van der Waals surface area (Å²) in [6.07, 6.45) is 1.76. The predicted molar refractivity (Wildman–Crippen MR) is 73.0 cm³/mol. The molecule has 1 aromatic rings. The third-order valence-corrected chi connectivity index (χ3v) is 3.78. The molecular weight excluding hydrogens is 248 g/mol. The van der Waals surface area contributed by atoms with Crippen molar-refractivity contribution in [2.24, 2.45) is 5.73 Å². The molecule has 0 aliphatic rings. The van der Waals surface area contributed by atoms with E-state index in [0.717, 1.165) is 18.9 Å². The summed E-state index contributed by atoms with van der Waals surface area (Å²) < 4.78 is 32.7. The van der Waals surface area contributed by atoms with Gasteiger partial charge < -0.3 is 10.5 Å². The van der Waals surface area contributed by atoms with Crippen LogP contribution in [0.5, 0.6) is 0 Å². The molecule has 19 heavy (non-hydrogen) atoms. The molecule has 0 fully saturated rings. The number of hydrogen-bond donors (Lipinski definition) is 1. The normalized spacial score (nSPS) is 13.6. The van der Waals surface area contributed by atoms with E-state index in [1.807, 2.05) is 20.8 Å². The number of ether oxygens (including phenoxy) is 1. The summed E-state index contributed by atoms with van der Waals surface area (Å²) in [5.74, 6) is -1.64. The third-order valence-electron chi connectivity index (χ3n) is 3.78. The van der Waals surface area contributed by atoms with Crippen LogP contribution in [0.2, 0.25) is 0 Å². The Morgan fingerprint density at radius 2 is 1.84 bits per heavy atom. The molecule has 0 aliphatic carbocycles. The molecule has 0 heterocycles. The molecular formula is C15H23F2NO. The van der Waals surface area contributed by atoms with Crippen LogP contribution < -0.4 is 5.73 Å². The molecule has 0 aromatic heterocycles. The van der Waals surface area contributed by atoms with Gasteiger partial charge >= 0.3 is 0 Å². The van der Waals surface area contributed by atoms with Crippen molar-refractivity contribution >= 4 is 0 Å². The van der Waals surface area contributed by atoms with E-state index in [-0.39, 0.29) is 12.5 Å². The Labute approximate surface area is 114 Å². The first-order valence-corrected chi connectivity index (χ1v) is 6.83. The largest absolute Gasteiger partial charge is 0.374 e. The summed E-state index contributed by atoms with van der Waals surface area (Å²) in [4.78, 5) is 0. The van der Waals surface area contributed by atoms with E-state index in [9.17, 15) is 8.78 Å². The van der Waals surface area contributed by atoms with Gasteiger partial charge in [0.15, 0.2) is 11.6 Å². The lowest BCUT2D eigenvalue weighted by Crippen LogP contribution is -2.50. The topological polar surface area (TPSA) is 35.2 Å². The second-order valence-electron chi connectivity index (χ2n) is 4.73. The van der Waals surface area contributed by atoms with E-state index in [1.165, 1.54) is 6.07 Å². The van der Waals surface area contributed by atoms with E-state index in [2.05, 4.69) is 0 Å². The summed E-state index contributed by atoms with van der Waals surface area (Å²) in [5, 5.41) is 0. The minimum atomic E-state index is -0.834. The molecule has 0 amide bonds. The van der Waals surface area contributed by atoms with Crippen LogP contribution in [0, 0.1) is 11.6 Å². The minimum Gasteiger partial charge on any atom is -0.374 e. The predicted octanol–water partition coefficient (Wildman–Crippen LogP) is 3.43. The monoisotopic (exact) mass is 271 g/mol. The Morgan fingerprint density at radius 3 is 2.37 bits per heavy atom. The van der Waals surface area contributed by atoms with E-state index in [4.69, 9.17) is 10.5 Å². The van der Waals surface area contributed by atoms with Gasteiger partial charge in [-0.1, -0.05) is 26.0 Å². The van der Waals surface area contributed by atoms with Crippen LogP contribution in [0.4, 0.5) is 8.78 Å². The van der Waals surface area contributed by atoms with Crippen molar-refractivity contribution in [1.29, 1.82) is 0 Å². The first kappa shape index (κ1) is 16.1. The van der Waals surface area contributed by atoms with Crippen molar-refractivity contribution in [3.63, 3.8) is 0 Å². The van der Waals surface area contributed by atoms with Gasteiger partial charge in [0.2, 0.25) is 0 Å². The number of nitrogens with two attached hydrogens (primary N) is 1. The summed E-state index contributed by atoms with van der Waals surface area (Å²) in [5.41, 5.74) is 6.02. The summed E-state index contributed by atoms with van der Waals surface area (Å²) in [7, 11) is 0. The van der Waals surface area contributed by atoms with Crippen LogP contribution in [0.3, 0.4) is 0 Å². The van der Waals surface area contributed by atoms with Crippen LogP contribution in [-0.2, 0) is 11.2 Å². The van der Waals surface area contributed by atoms with Crippen molar-refractivity contribution in [1.82, 2.24) is 0 Å². The van der Waals surface area contributed by atoms with E-state index < -0.39 is 17.2 Å². The molecule has 2 nitrogen and oxygen atoms in total. The molecule has 1 rings (SSSR count). The molecule has 0 spiro atoms. The maximum atomic E-state index is 13.7. The van der Waals surface area contributed by atoms with Crippen LogP contribution in [0.1, 0.15) is 39.2 Å². The smallest absolute Gasteiger partial charge is 0.162 e. The molecule has 4 heteroatoms. The molecule has 1 atom stereocenters.